The molecular weight excluding hydrogens is 334 g/mol. The molecule has 2 amide bonds. The van der Waals surface area contributed by atoms with Gasteiger partial charge < -0.3 is 14.9 Å². The highest BCUT2D eigenvalue weighted by atomic mass is 19.3. The van der Waals surface area contributed by atoms with E-state index in [0.29, 0.717) is 18.4 Å². The maximum Gasteiger partial charge on any atom is 0.326 e. The van der Waals surface area contributed by atoms with Crippen LogP contribution in [-0.2, 0) is 16.1 Å². The SMILES string of the molecule is O=C(O)[C@@H]1CC(F)(F)CN1C(=O)C1(N2Cc3ccccc3C2=O)CC1. The van der Waals surface area contributed by atoms with Gasteiger partial charge in [-0.1, -0.05) is 18.2 Å². The molecule has 4 rings (SSSR count). The highest BCUT2D eigenvalue weighted by molar-refractivity contribution is 6.04. The number of alkyl halides is 2. The number of halogens is 2. The van der Waals surface area contributed by atoms with E-state index in [2.05, 4.69) is 0 Å². The predicted octanol–water partition coefficient (Wildman–Crippen LogP) is 1.50. The van der Waals surface area contributed by atoms with E-state index in [4.69, 9.17) is 0 Å². The standard InChI is InChI=1S/C17H16F2N2O4/c18-17(19)7-12(14(23)24)20(9-17)15(25)16(5-6-16)21-8-10-3-1-2-4-11(10)13(21)22/h1-4,12H,5-9H2,(H,23,24)/t12-/m0/s1. The average molecular weight is 350 g/mol. The number of aliphatic carboxylic acids is 1. The van der Waals surface area contributed by atoms with Gasteiger partial charge in [0.1, 0.15) is 11.6 Å². The highest BCUT2D eigenvalue weighted by Gasteiger charge is 2.63. The number of carbonyl (C=O) groups is 3. The zero-order valence-corrected chi connectivity index (χ0v) is 13.2. The first kappa shape index (κ1) is 16.0. The van der Waals surface area contributed by atoms with Crippen molar-refractivity contribution < 1.29 is 28.3 Å². The third-order valence-corrected chi connectivity index (χ3v) is 5.28. The van der Waals surface area contributed by atoms with Crippen LogP contribution in [-0.4, -0.2) is 56.7 Å². The normalized spacial score (nSPS) is 25.8. The van der Waals surface area contributed by atoms with Gasteiger partial charge in [0, 0.05) is 18.5 Å². The Morgan fingerprint density at radius 1 is 1.20 bits per heavy atom. The van der Waals surface area contributed by atoms with Crippen molar-refractivity contribution in [3.8, 4) is 0 Å². The van der Waals surface area contributed by atoms with Gasteiger partial charge in [-0.15, -0.1) is 0 Å². The number of likely N-dealkylation sites (tertiary alicyclic amines) is 1. The minimum atomic E-state index is -3.23. The molecule has 1 saturated heterocycles. The molecular formula is C17H16F2N2O4. The number of carboxylic acid groups (broad SMARTS) is 1. The van der Waals surface area contributed by atoms with Crippen molar-refractivity contribution in [2.75, 3.05) is 6.54 Å². The molecule has 0 unspecified atom stereocenters. The van der Waals surface area contributed by atoms with Crippen LogP contribution in [0.5, 0.6) is 0 Å². The molecule has 0 radical (unpaired) electrons. The van der Waals surface area contributed by atoms with Crippen LogP contribution in [0.25, 0.3) is 0 Å². The van der Waals surface area contributed by atoms with Gasteiger partial charge in [-0.05, 0) is 24.5 Å². The number of amides is 2. The first-order valence-corrected chi connectivity index (χ1v) is 8.07. The maximum absolute atomic E-state index is 13.7. The molecule has 1 aliphatic carbocycles. The number of benzene rings is 1. The summed E-state index contributed by atoms with van der Waals surface area (Å²) < 4.78 is 27.4. The zero-order valence-electron chi connectivity index (χ0n) is 13.2. The fourth-order valence-electron chi connectivity index (χ4n) is 3.84. The van der Waals surface area contributed by atoms with Crippen LogP contribution in [0.15, 0.2) is 24.3 Å². The zero-order chi connectivity index (χ0) is 18.0. The van der Waals surface area contributed by atoms with Crippen LogP contribution >= 0.6 is 0 Å². The van der Waals surface area contributed by atoms with E-state index in [1.807, 2.05) is 0 Å². The van der Waals surface area contributed by atoms with Crippen molar-refractivity contribution >= 4 is 17.8 Å². The fraction of sp³-hybridized carbons (Fsp3) is 0.471. The number of nitrogens with zero attached hydrogens (tertiary/aromatic N) is 2. The Balaban J connectivity index is 1.63. The van der Waals surface area contributed by atoms with Gasteiger partial charge >= 0.3 is 5.97 Å². The topological polar surface area (TPSA) is 77.9 Å². The van der Waals surface area contributed by atoms with Crippen LogP contribution in [0.1, 0.15) is 35.2 Å². The monoisotopic (exact) mass is 350 g/mol. The fourth-order valence-corrected chi connectivity index (χ4v) is 3.84. The van der Waals surface area contributed by atoms with Crippen molar-refractivity contribution in [2.45, 2.75) is 43.3 Å². The Labute approximate surface area is 142 Å². The lowest BCUT2D eigenvalue weighted by atomic mass is 10.1. The molecule has 1 saturated carbocycles. The molecule has 132 valence electrons. The van der Waals surface area contributed by atoms with Gasteiger partial charge in [0.25, 0.3) is 11.8 Å². The number of hydrogen-bond donors (Lipinski definition) is 1. The van der Waals surface area contributed by atoms with Gasteiger partial charge in [-0.3, -0.25) is 9.59 Å². The minimum Gasteiger partial charge on any atom is -0.480 e. The largest absolute Gasteiger partial charge is 0.480 e. The second-order valence-corrected chi connectivity index (χ2v) is 6.93. The minimum absolute atomic E-state index is 0.239. The Kier molecular flexibility index (Phi) is 3.20. The third kappa shape index (κ3) is 2.31. The summed E-state index contributed by atoms with van der Waals surface area (Å²) in [5.74, 6) is -5.66. The summed E-state index contributed by atoms with van der Waals surface area (Å²) in [6.45, 7) is -0.678. The van der Waals surface area contributed by atoms with Crippen molar-refractivity contribution in [1.29, 1.82) is 0 Å². The van der Waals surface area contributed by atoms with E-state index in [9.17, 15) is 28.3 Å². The molecule has 0 spiro atoms. The number of carboxylic acids is 1. The first-order valence-electron chi connectivity index (χ1n) is 8.07. The summed E-state index contributed by atoms with van der Waals surface area (Å²) in [5, 5.41) is 9.20. The van der Waals surface area contributed by atoms with E-state index < -0.39 is 42.3 Å². The van der Waals surface area contributed by atoms with Gasteiger partial charge in [0.2, 0.25) is 5.91 Å². The second kappa shape index (κ2) is 5.00. The highest BCUT2D eigenvalue weighted by Crippen LogP contribution is 2.48. The Morgan fingerprint density at radius 3 is 2.48 bits per heavy atom. The van der Waals surface area contributed by atoms with E-state index in [1.54, 1.807) is 24.3 Å². The van der Waals surface area contributed by atoms with Crippen molar-refractivity contribution in [3.05, 3.63) is 35.4 Å². The third-order valence-electron chi connectivity index (χ3n) is 5.28. The molecule has 0 bridgehead atoms. The smallest absolute Gasteiger partial charge is 0.326 e. The summed E-state index contributed by atoms with van der Waals surface area (Å²) in [7, 11) is 0. The van der Waals surface area contributed by atoms with Crippen LogP contribution < -0.4 is 0 Å². The molecule has 2 heterocycles. The molecule has 2 fully saturated rings. The molecule has 1 aromatic rings. The molecule has 25 heavy (non-hydrogen) atoms. The van der Waals surface area contributed by atoms with Gasteiger partial charge in [-0.25, -0.2) is 13.6 Å². The molecule has 8 heteroatoms. The molecule has 6 nitrogen and oxygen atoms in total. The molecule has 1 N–H and O–H groups in total. The van der Waals surface area contributed by atoms with E-state index >= 15 is 0 Å². The van der Waals surface area contributed by atoms with E-state index in [1.165, 1.54) is 4.90 Å². The summed E-state index contributed by atoms with van der Waals surface area (Å²) in [4.78, 5) is 39.0. The maximum atomic E-state index is 13.7. The molecule has 2 aliphatic heterocycles. The van der Waals surface area contributed by atoms with Gasteiger partial charge in [0.15, 0.2) is 0 Å². The van der Waals surface area contributed by atoms with Gasteiger partial charge in [0.05, 0.1) is 6.54 Å². The number of rotatable bonds is 3. The van der Waals surface area contributed by atoms with Crippen LogP contribution in [0.3, 0.4) is 0 Å². The average Bonchev–Trinajstić information content (AvgIpc) is 3.20. The van der Waals surface area contributed by atoms with E-state index in [0.717, 1.165) is 10.5 Å². The van der Waals surface area contributed by atoms with Crippen molar-refractivity contribution in [3.63, 3.8) is 0 Å². The predicted molar refractivity (Wildman–Crippen MR) is 81.0 cm³/mol. The van der Waals surface area contributed by atoms with Crippen LogP contribution in [0.4, 0.5) is 8.78 Å². The summed E-state index contributed by atoms with van der Waals surface area (Å²) in [6, 6.07) is 5.42. The van der Waals surface area contributed by atoms with Crippen molar-refractivity contribution in [1.82, 2.24) is 9.80 Å². The summed E-state index contributed by atoms with van der Waals surface area (Å²) in [6.07, 6.45) is -0.168. The Hall–Kier alpha value is -2.51. The first-order chi connectivity index (χ1) is 11.8. The Morgan fingerprint density at radius 2 is 1.88 bits per heavy atom. The van der Waals surface area contributed by atoms with Crippen molar-refractivity contribution in [2.24, 2.45) is 0 Å². The molecule has 1 atom stereocenters. The lowest BCUT2D eigenvalue weighted by Gasteiger charge is -2.32. The number of fused-ring (bicyclic) bond motifs is 1. The van der Waals surface area contributed by atoms with Gasteiger partial charge in [-0.2, -0.15) is 0 Å². The molecule has 3 aliphatic rings. The Bertz CT molecular complexity index is 791. The molecule has 0 aromatic heterocycles. The summed E-state index contributed by atoms with van der Waals surface area (Å²) in [5.41, 5.74) is 0.0979. The summed E-state index contributed by atoms with van der Waals surface area (Å²) >= 11 is 0. The van der Waals surface area contributed by atoms with Crippen LogP contribution in [0.2, 0.25) is 0 Å². The van der Waals surface area contributed by atoms with E-state index in [-0.39, 0.29) is 12.5 Å². The lowest BCUT2D eigenvalue weighted by Crippen LogP contribution is -2.53. The quantitative estimate of drug-likeness (QED) is 0.896. The van der Waals surface area contributed by atoms with Crippen LogP contribution in [0, 0.1) is 0 Å². The number of carbonyl (C=O) groups excluding carboxylic acids is 2. The second-order valence-electron chi connectivity index (χ2n) is 6.93. The molecule has 1 aromatic carbocycles. The number of hydrogen-bond acceptors (Lipinski definition) is 3. The lowest BCUT2D eigenvalue weighted by molar-refractivity contribution is -0.150.